The molecule has 0 rings (SSSR count). The highest BCUT2D eigenvalue weighted by atomic mass is 16.5. The van der Waals surface area contributed by atoms with Crippen molar-refractivity contribution < 1.29 is 9.53 Å². The Balaban J connectivity index is 3.82. The van der Waals surface area contributed by atoms with Crippen molar-refractivity contribution in [3.63, 3.8) is 0 Å². The summed E-state index contributed by atoms with van der Waals surface area (Å²) in [5.74, 6) is -0.0491. The molecule has 2 nitrogen and oxygen atoms in total. The quantitative estimate of drug-likeness (QED) is 0.0943. The molecule has 196 valence electrons. The van der Waals surface area contributed by atoms with Gasteiger partial charge in [-0.2, -0.15) is 0 Å². The maximum absolute atomic E-state index is 11.9. The number of carbonyl (C=O) groups is 1. The zero-order valence-electron chi connectivity index (χ0n) is 23.6. The Hall–Kier alpha value is -1.57. The minimum absolute atomic E-state index is 0.0491. The largest absolute Gasteiger partial charge is 0.461 e. The maximum atomic E-state index is 11.9. The molecule has 0 saturated carbocycles. The molecule has 0 aromatic carbocycles. The zero-order chi connectivity index (χ0) is 25.4. The molecule has 0 aliphatic heterocycles. The molecule has 0 fully saturated rings. The Morgan fingerprint density at radius 1 is 0.559 bits per heavy atom. The third-order valence-electron chi connectivity index (χ3n) is 6.31. The number of unbranched alkanes of at least 4 members (excludes halogenated alkanes) is 8. The molecule has 0 radical (unpaired) electrons. The molecule has 0 aliphatic carbocycles. The highest BCUT2D eigenvalue weighted by Gasteiger charge is 2.02. The van der Waals surface area contributed by atoms with E-state index in [2.05, 4.69) is 65.8 Å². The summed E-state index contributed by atoms with van der Waals surface area (Å²) in [6.07, 6.45) is 27.8. The van der Waals surface area contributed by atoms with E-state index < -0.39 is 0 Å². The number of esters is 1. The fourth-order valence-electron chi connectivity index (χ4n) is 3.92. The smallest absolute Gasteiger partial charge is 0.306 e. The van der Waals surface area contributed by atoms with Crippen molar-refractivity contribution in [2.24, 2.45) is 0 Å². The van der Waals surface area contributed by atoms with Crippen molar-refractivity contribution in [1.29, 1.82) is 0 Å². The minimum atomic E-state index is -0.0491. The third-order valence-corrected chi connectivity index (χ3v) is 6.31. The number of hydrogen-bond donors (Lipinski definition) is 0. The lowest BCUT2D eigenvalue weighted by Crippen LogP contribution is -2.04. The summed E-state index contributed by atoms with van der Waals surface area (Å²) in [6.45, 7) is 13.6. The second-order valence-corrected chi connectivity index (χ2v) is 10.3. The van der Waals surface area contributed by atoms with Crippen LogP contribution in [-0.2, 0) is 9.53 Å². The van der Waals surface area contributed by atoms with E-state index in [0.29, 0.717) is 13.0 Å². The molecular formula is C32H56O2. The van der Waals surface area contributed by atoms with Gasteiger partial charge in [0.05, 0.1) is 0 Å². The van der Waals surface area contributed by atoms with Crippen LogP contribution in [0.15, 0.2) is 46.6 Å². The molecule has 0 saturated heterocycles. The predicted molar refractivity (Wildman–Crippen MR) is 151 cm³/mol. The lowest BCUT2D eigenvalue weighted by molar-refractivity contribution is -0.142. The fraction of sp³-hybridized carbons (Fsp3) is 0.719. The molecule has 0 heterocycles. The summed E-state index contributed by atoms with van der Waals surface area (Å²) in [5, 5.41) is 0. The van der Waals surface area contributed by atoms with E-state index in [1.807, 2.05) is 0 Å². The first kappa shape index (κ1) is 32.4. The van der Waals surface area contributed by atoms with Crippen LogP contribution in [0.5, 0.6) is 0 Å². The lowest BCUT2D eigenvalue weighted by atomic mass is 10.0. The molecule has 0 amide bonds. The number of ether oxygens (including phenoxy) is 1. The molecule has 0 unspecified atom stereocenters. The second kappa shape index (κ2) is 23.2. The van der Waals surface area contributed by atoms with Crippen LogP contribution in [0.3, 0.4) is 0 Å². The average molecular weight is 473 g/mol. The first-order valence-corrected chi connectivity index (χ1v) is 14.1. The third kappa shape index (κ3) is 23.6. The number of rotatable bonds is 21. The van der Waals surface area contributed by atoms with Crippen LogP contribution in [0.25, 0.3) is 0 Å². The molecule has 0 aliphatic rings. The van der Waals surface area contributed by atoms with Gasteiger partial charge in [0.25, 0.3) is 0 Å². The van der Waals surface area contributed by atoms with E-state index in [9.17, 15) is 4.79 Å². The van der Waals surface area contributed by atoms with Crippen molar-refractivity contribution in [2.75, 3.05) is 6.61 Å². The van der Waals surface area contributed by atoms with E-state index in [1.54, 1.807) is 0 Å². The summed E-state index contributed by atoms with van der Waals surface area (Å²) < 4.78 is 5.39. The van der Waals surface area contributed by atoms with E-state index in [0.717, 1.165) is 44.9 Å². The van der Waals surface area contributed by atoms with Crippen molar-refractivity contribution in [3.05, 3.63) is 46.6 Å². The van der Waals surface area contributed by atoms with Gasteiger partial charge in [-0.05, 0) is 85.6 Å². The van der Waals surface area contributed by atoms with Crippen LogP contribution < -0.4 is 0 Å². The number of allylic oxidation sites excluding steroid dienone is 7. The molecular weight excluding hydrogens is 416 g/mol. The van der Waals surface area contributed by atoms with Gasteiger partial charge >= 0.3 is 5.97 Å². The molecule has 0 N–H and O–H groups in total. The van der Waals surface area contributed by atoms with Crippen LogP contribution in [0, 0.1) is 0 Å². The average Bonchev–Trinajstić information content (AvgIpc) is 2.77. The van der Waals surface area contributed by atoms with Crippen molar-refractivity contribution in [3.8, 4) is 0 Å². The molecule has 2 heteroatoms. The molecule has 0 aromatic heterocycles. The maximum Gasteiger partial charge on any atom is 0.306 e. The van der Waals surface area contributed by atoms with Gasteiger partial charge in [0.2, 0.25) is 0 Å². The monoisotopic (exact) mass is 472 g/mol. The zero-order valence-corrected chi connectivity index (χ0v) is 23.6. The van der Waals surface area contributed by atoms with Crippen LogP contribution in [0.2, 0.25) is 0 Å². The van der Waals surface area contributed by atoms with Crippen molar-refractivity contribution in [2.45, 2.75) is 144 Å². The first-order chi connectivity index (χ1) is 16.3. The van der Waals surface area contributed by atoms with Gasteiger partial charge in [0.15, 0.2) is 0 Å². The van der Waals surface area contributed by atoms with E-state index in [4.69, 9.17) is 4.74 Å². The van der Waals surface area contributed by atoms with E-state index in [1.165, 1.54) is 73.7 Å². The van der Waals surface area contributed by atoms with Gasteiger partial charge in [0.1, 0.15) is 6.61 Å². The molecule has 0 spiro atoms. The van der Waals surface area contributed by atoms with Gasteiger partial charge in [-0.1, -0.05) is 98.8 Å². The Bertz CT molecular complexity index is 629. The van der Waals surface area contributed by atoms with E-state index in [-0.39, 0.29) is 5.97 Å². The standard InChI is InChI=1S/C32H56O2/c1-7-8-9-10-11-12-13-14-15-25-32(33)34-27-26-31(6)24-18-23-30(5)22-17-21-29(4)20-16-19-28(2)3/h19,21,23,26H,7-18,20,22,24-25,27H2,1-6H3/b29-21+,30-23+,31-26-. The van der Waals surface area contributed by atoms with Gasteiger partial charge < -0.3 is 4.74 Å². The Morgan fingerprint density at radius 2 is 1.00 bits per heavy atom. The first-order valence-electron chi connectivity index (χ1n) is 14.1. The second-order valence-electron chi connectivity index (χ2n) is 10.3. The summed E-state index contributed by atoms with van der Waals surface area (Å²) in [5.41, 5.74) is 5.67. The summed E-state index contributed by atoms with van der Waals surface area (Å²) in [7, 11) is 0. The van der Waals surface area contributed by atoms with Gasteiger partial charge in [0, 0.05) is 6.42 Å². The normalized spacial score (nSPS) is 12.7. The SMILES string of the molecule is CCCCCCCCCCCC(=O)OC/C=C(/C)CC/C=C(\C)CC/C=C(\C)CCC=C(C)C. The Morgan fingerprint density at radius 3 is 1.50 bits per heavy atom. The number of hydrogen-bond acceptors (Lipinski definition) is 2. The van der Waals surface area contributed by atoms with Gasteiger partial charge in [-0.3, -0.25) is 4.79 Å². The highest BCUT2D eigenvalue weighted by Crippen LogP contribution is 2.14. The Labute approximate surface area is 213 Å². The predicted octanol–water partition coefficient (Wildman–Crippen LogP) is 10.6. The van der Waals surface area contributed by atoms with Crippen molar-refractivity contribution in [1.82, 2.24) is 0 Å². The number of carbonyl (C=O) groups excluding carboxylic acids is 1. The highest BCUT2D eigenvalue weighted by molar-refractivity contribution is 5.69. The van der Waals surface area contributed by atoms with Crippen LogP contribution >= 0.6 is 0 Å². The topological polar surface area (TPSA) is 26.3 Å². The summed E-state index contributed by atoms with van der Waals surface area (Å²) in [4.78, 5) is 11.9. The van der Waals surface area contributed by atoms with Crippen LogP contribution in [0.4, 0.5) is 0 Å². The fourth-order valence-corrected chi connectivity index (χ4v) is 3.92. The summed E-state index contributed by atoms with van der Waals surface area (Å²) >= 11 is 0. The molecule has 0 atom stereocenters. The molecule has 34 heavy (non-hydrogen) atoms. The summed E-state index contributed by atoms with van der Waals surface area (Å²) in [6, 6.07) is 0. The van der Waals surface area contributed by atoms with E-state index >= 15 is 0 Å². The minimum Gasteiger partial charge on any atom is -0.461 e. The van der Waals surface area contributed by atoms with Gasteiger partial charge in [-0.15, -0.1) is 0 Å². The molecule has 0 aromatic rings. The van der Waals surface area contributed by atoms with Crippen LogP contribution in [-0.4, -0.2) is 12.6 Å². The van der Waals surface area contributed by atoms with Crippen molar-refractivity contribution >= 4 is 5.97 Å². The van der Waals surface area contributed by atoms with Gasteiger partial charge in [-0.25, -0.2) is 0 Å². The van der Waals surface area contributed by atoms with Crippen LogP contribution in [0.1, 0.15) is 144 Å². The Kier molecular flexibility index (Phi) is 22.1. The molecule has 0 bridgehead atoms. The lowest BCUT2D eigenvalue weighted by Gasteiger charge is -2.05.